The van der Waals surface area contributed by atoms with E-state index in [0.717, 1.165) is 53.5 Å². The van der Waals surface area contributed by atoms with Crippen LogP contribution in [0.3, 0.4) is 0 Å². The van der Waals surface area contributed by atoms with Gasteiger partial charge in [-0.3, -0.25) is 9.59 Å². The highest BCUT2D eigenvalue weighted by Crippen LogP contribution is 2.50. The number of carboxylic acid groups (broad SMARTS) is 1. The Hall–Kier alpha value is -2.82. The number of aliphatic carboxylic acids is 1. The first-order chi connectivity index (χ1) is 14.2. The Bertz CT molecular complexity index is 958. The number of unbranched alkanes of at least 4 members (excludes halogenated alkanes) is 2. The summed E-state index contributed by atoms with van der Waals surface area (Å²) in [5.41, 5.74) is 4.42. The first-order valence-electron chi connectivity index (χ1n) is 10.6. The lowest BCUT2D eigenvalue weighted by atomic mass is 9.84. The van der Waals surface area contributed by atoms with Crippen molar-refractivity contribution in [3.05, 3.63) is 47.0 Å². The molecule has 1 N–H and O–H groups in total. The Balaban J connectivity index is 2.07. The molecule has 0 atom stereocenters. The number of esters is 1. The Kier molecular flexibility index (Phi) is 6.49. The first-order valence-corrected chi connectivity index (χ1v) is 10.6. The number of hydrogen-bond donors (Lipinski definition) is 1. The molecule has 1 aliphatic rings. The van der Waals surface area contributed by atoms with E-state index in [1.807, 2.05) is 39.0 Å². The molecule has 1 heterocycles. The van der Waals surface area contributed by atoms with Crippen LogP contribution < -0.4 is 9.47 Å². The molecule has 3 rings (SSSR count). The van der Waals surface area contributed by atoms with Crippen LogP contribution in [0, 0.1) is 6.92 Å². The van der Waals surface area contributed by atoms with Crippen molar-refractivity contribution in [2.75, 3.05) is 0 Å². The second kappa shape index (κ2) is 8.90. The minimum Gasteiger partial charge on any atom is -0.482 e. The number of ether oxygens (including phenoxy) is 2. The monoisotopic (exact) mass is 410 g/mol. The third-order valence-electron chi connectivity index (χ3n) is 5.42. The molecule has 0 radical (unpaired) electrons. The quantitative estimate of drug-likeness (QED) is 0.339. The molecule has 30 heavy (non-hydrogen) atoms. The van der Waals surface area contributed by atoms with Gasteiger partial charge in [0.25, 0.3) is 0 Å². The smallest absolute Gasteiger partial charge is 0.311 e. The van der Waals surface area contributed by atoms with Crippen molar-refractivity contribution in [3.63, 3.8) is 0 Å². The predicted octanol–water partition coefficient (Wildman–Crippen LogP) is 5.79. The number of carbonyl (C=O) groups is 2. The number of rotatable bonds is 8. The molecular weight excluding hydrogens is 380 g/mol. The van der Waals surface area contributed by atoms with Crippen LogP contribution >= 0.6 is 0 Å². The number of fused-ring (bicyclic) bond motifs is 3. The standard InChI is InChI=1S/C25H30O5/c1-5-6-7-8-17-14-20(29-23(28)12-11-22(26)27)24-18-13-16(2)9-10-19(18)25(3,4)30-21(24)15-17/h9-10,13-15H,5-8,11-12H2,1-4H3,(H,26,27). The lowest BCUT2D eigenvalue weighted by molar-refractivity contribution is -0.142. The largest absolute Gasteiger partial charge is 0.482 e. The van der Waals surface area contributed by atoms with Crippen molar-refractivity contribution >= 4 is 11.9 Å². The number of carboxylic acids is 1. The fourth-order valence-corrected chi connectivity index (χ4v) is 3.90. The molecule has 0 unspecified atom stereocenters. The molecule has 2 aromatic carbocycles. The summed E-state index contributed by atoms with van der Waals surface area (Å²) >= 11 is 0. The van der Waals surface area contributed by atoms with Crippen molar-refractivity contribution in [2.45, 2.75) is 71.8 Å². The predicted molar refractivity (Wildman–Crippen MR) is 116 cm³/mol. The van der Waals surface area contributed by atoms with Crippen LogP contribution in [-0.4, -0.2) is 17.0 Å². The van der Waals surface area contributed by atoms with Gasteiger partial charge in [0, 0.05) is 5.56 Å². The number of carbonyl (C=O) groups excluding carboxylic acids is 1. The van der Waals surface area contributed by atoms with Crippen LogP contribution in [0.4, 0.5) is 0 Å². The van der Waals surface area contributed by atoms with Crippen LogP contribution in [0.15, 0.2) is 30.3 Å². The fourth-order valence-electron chi connectivity index (χ4n) is 3.90. The van der Waals surface area contributed by atoms with Crippen molar-refractivity contribution in [1.82, 2.24) is 0 Å². The van der Waals surface area contributed by atoms with Crippen molar-refractivity contribution < 1.29 is 24.2 Å². The van der Waals surface area contributed by atoms with Gasteiger partial charge >= 0.3 is 11.9 Å². The van der Waals surface area contributed by atoms with Gasteiger partial charge in [0.1, 0.15) is 17.1 Å². The summed E-state index contributed by atoms with van der Waals surface area (Å²) in [6, 6.07) is 10.1. The van der Waals surface area contributed by atoms with E-state index in [1.54, 1.807) is 0 Å². The Morgan fingerprint density at radius 3 is 2.57 bits per heavy atom. The maximum atomic E-state index is 12.4. The lowest BCUT2D eigenvalue weighted by Crippen LogP contribution is -2.29. The molecule has 2 aromatic rings. The minimum absolute atomic E-state index is 0.169. The third kappa shape index (κ3) is 4.84. The maximum absolute atomic E-state index is 12.4. The molecule has 0 fully saturated rings. The summed E-state index contributed by atoms with van der Waals surface area (Å²) in [5, 5.41) is 8.88. The Morgan fingerprint density at radius 1 is 1.10 bits per heavy atom. The summed E-state index contributed by atoms with van der Waals surface area (Å²) in [7, 11) is 0. The summed E-state index contributed by atoms with van der Waals surface area (Å²) in [6.45, 7) is 8.26. The van der Waals surface area contributed by atoms with Gasteiger partial charge in [-0.25, -0.2) is 0 Å². The second-order valence-corrected chi connectivity index (χ2v) is 8.45. The summed E-state index contributed by atoms with van der Waals surface area (Å²) in [4.78, 5) is 23.2. The van der Waals surface area contributed by atoms with E-state index < -0.39 is 17.5 Å². The molecular formula is C25H30O5. The summed E-state index contributed by atoms with van der Waals surface area (Å²) < 4.78 is 12.1. The molecule has 0 saturated heterocycles. The van der Waals surface area contributed by atoms with Crippen molar-refractivity contribution in [1.29, 1.82) is 0 Å². The van der Waals surface area contributed by atoms with Crippen molar-refractivity contribution in [2.24, 2.45) is 0 Å². The zero-order chi connectivity index (χ0) is 21.9. The molecule has 160 valence electrons. The van der Waals surface area contributed by atoms with Gasteiger partial charge in [0.2, 0.25) is 0 Å². The van der Waals surface area contributed by atoms with E-state index in [0.29, 0.717) is 11.5 Å². The number of hydrogen-bond acceptors (Lipinski definition) is 4. The number of benzene rings is 2. The molecule has 0 amide bonds. The molecule has 0 aromatic heterocycles. The molecule has 0 bridgehead atoms. The van der Waals surface area contributed by atoms with Gasteiger partial charge in [-0.1, -0.05) is 43.5 Å². The van der Waals surface area contributed by atoms with Gasteiger partial charge in [0.05, 0.1) is 18.4 Å². The fraction of sp³-hybridized carbons (Fsp3) is 0.440. The van der Waals surface area contributed by atoms with Crippen LogP contribution in [0.25, 0.3) is 11.1 Å². The highest BCUT2D eigenvalue weighted by Gasteiger charge is 2.35. The average molecular weight is 411 g/mol. The normalized spacial score (nSPS) is 13.7. The van der Waals surface area contributed by atoms with Crippen LogP contribution in [-0.2, 0) is 21.6 Å². The highest BCUT2D eigenvalue weighted by atomic mass is 16.5. The first kappa shape index (κ1) is 21.9. The zero-order valence-corrected chi connectivity index (χ0v) is 18.2. The topological polar surface area (TPSA) is 72.8 Å². The van der Waals surface area contributed by atoms with Crippen LogP contribution in [0.1, 0.15) is 69.6 Å². The second-order valence-electron chi connectivity index (χ2n) is 8.45. The van der Waals surface area contributed by atoms with E-state index in [9.17, 15) is 9.59 Å². The molecule has 5 heteroatoms. The van der Waals surface area contributed by atoms with E-state index in [-0.39, 0.29) is 12.8 Å². The van der Waals surface area contributed by atoms with Gasteiger partial charge in [0.15, 0.2) is 0 Å². The highest BCUT2D eigenvalue weighted by molar-refractivity contribution is 5.86. The average Bonchev–Trinajstić information content (AvgIpc) is 2.65. The molecule has 5 nitrogen and oxygen atoms in total. The summed E-state index contributed by atoms with van der Waals surface area (Å²) in [6.07, 6.45) is 3.73. The van der Waals surface area contributed by atoms with E-state index >= 15 is 0 Å². The van der Waals surface area contributed by atoms with Gasteiger partial charge in [-0.05, 0) is 56.9 Å². The van der Waals surface area contributed by atoms with E-state index in [4.69, 9.17) is 14.6 Å². The van der Waals surface area contributed by atoms with E-state index in [2.05, 4.69) is 19.1 Å². The minimum atomic E-state index is -1.02. The van der Waals surface area contributed by atoms with Gasteiger partial charge in [-0.15, -0.1) is 0 Å². The molecule has 0 aliphatic carbocycles. The number of aryl methyl sites for hydroxylation is 2. The SMILES string of the molecule is CCCCCc1cc(OC(=O)CCC(=O)O)c2c(c1)OC(C)(C)c1ccc(C)cc1-2. The molecule has 1 aliphatic heterocycles. The van der Waals surface area contributed by atoms with E-state index in [1.165, 1.54) is 0 Å². The van der Waals surface area contributed by atoms with Gasteiger partial charge < -0.3 is 14.6 Å². The maximum Gasteiger partial charge on any atom is 0.311 e. The molecule has 0 spiro atoms. The van der Waals surface area contributed by atoms with Gasteiger partial charge in [-0.2, -0.15) is 0 Å². The Labute approximate surface area is 178 Å². The summed E-state index contributed by atoms with van der Waals surface area (Å²) in [5.74, 6) is -0.428. The van der Waals surface area contributed by atoms with Crippen LogP contribution in [0.5, 0.6) is 11.5 Å². The zero-order valence-electron chi connectivity index (χ0n) is 18.2. The van der Waals surface area contributed by atoms with Crippen LogP contribution in [0.2, 0.25) is 0 Å². The molecule has 0 saturated carbocycles. The Morgan fingerprint density at radius 2 is 1.87 bits per heavy atom. The van der Waals surface area contributed by atoms with Crippen molar-refractivity contribution in [3.8, 4) is 22.6 Å². The lowest BCUT2D eigenvalue weighted by Gasteiger charge is -2.36. The third-order valence-corrected chi connectivity index (χ3v) is 5.42.